The van der Waals surface area contributed by atoms with Gasteiger partial charge >= 0.3 is 0 Å². The minimum absolute atomic E-state index is 0.0907. The smallest absolute Gasteiger partial charge is 0.267 e. The van der Waals surface area contributed by atoms with E-state index >= 15 is 0 Å². The Balaban J connectivity index is 1.99. The van der Waals surface area contributed by atoms with Gasteiger partial charge in [-0.05, 0) is 61.6 Å². The number of thioether (sulfide) groups is 1. The molecule has 3 aromatic rings. The van der Waals surface area contributed by atoms with Gasteiger partial charge in [-0.25, -0.2) is 4.98 Å². The summed E-state index contributed by atoms with van der Waals surface area (Å²) in [4.78, 5) is 20.4. The third-order valence-electron chi connectivity index (χ3n) is 4.74. The molecule has 0 unspecified atom stereocenters. The summed E-state index contributed by atoms with van der Waals surface area (Å²) < 4.78 is 1.79. The predicted octanol–water partition coefficient (Wildman–Crippen LogP) is 4.61. The van der Waals surface area contributed by atoms with Gasteiger partial charge in [0.1, 0.15) is 4.83 Å². The van der Waals surface area contributed by atoms with Crippen molar-refractivity contribution in [1.82, 2.24) is 9.55 Å². The highest BCUT2D eigenvalue weighted by atomic mass is 32.2. The first-order chi connectivity index (χ1) is 11.7. The molecule has 1 aliphatic rings. The minimum atomic E-state index is 0.0907. The highest BCUT2D eigenvalue weighted by molar-refractivity contribution is 7.98. The molecule has 0 bridgehead atoms. The number of rotatable bonds is 3. The van der Waals surface area contributed by atoms with E-state index in [1.54, 1.807) is 15.9 Å². The van der Waals surface area contributed by atoms with Crippen LogP contribution < -0.4 is 5.56 Å². The van der Waals surface area contributed by atoms with Gasteiger partial charge in [-0.1, -0.05) is 30.8 Å². The fourth-order valence-corrected chi connectivity index (χ4v) is 5.29. The molecule has 0 spiro atoms. The van der Waals surface area contributed by atoms with Gasteiger partial charge in [0.2, 0.25) is 0 Å². The normalized spacial score (nSPS) is 14.1. The molecule has 2 aromatic heterocycles. The summed E-state index contributed by atoms with van der Waals surface area (Å²) in [5, 5.41) is 1.63. The highest BCUT2D eigenvalue weighted by Crippen LogP contribution is 2.34. The van der Waals surface area contributed by atoms with Crippen LogP contribution in [-0.2, 0) is 19.3 Å². The Hall–Kier alpha value is -1.59. The molecule has 24 heavy (non-hydrogen) atoms. The summed E-state index contributed by atoms with van der Waals surface area (Å²) in [5.74, 6) is 0. The molecule has 0 aliphatic heterocycles. The summed E-state index contributed by atoms with van der Waals surface area (Å²) in [7, 11) is 0. The van der Waals surface area contributed by atoms with E-state index in [0.29, 0.717) is 0 Å². The maximum absolute atomic E-state index is 13.3. The van der Waals surface area contributed by atoms with Crippen molar-refractivity contribution in [2.75, 3.05) is 6.26 Å². The van der Waals surface area contributed by atoms with Gasteiger partial charge in [0.15, 0.2) is 5.16 Å². The van der Waals surface area contributed by atoms with Crippen LogP contribution in [0.15, 0.2) is 34.2 Å². The molecule has 5 heteroatoms. The summed E-state index contributed by atoms with van der Waals surface area (Å²) in [6, 6.07) is 8.26. The molecule has 3 nitrogen and oxygen atoms in total. The Bertz CT molecular complexity index is 954. The number of thiophene rings is 1. The molecule has 124 valence electrons. The molecule has 0 amide bonds. The van der Waals surface area contributed by atoms with Crippen molar-refractivity contribution >= 4 is 33.3 Å². The third-order valence-corrected chi connectivity index (χ3v) is 6.57. The van der Waals surface area contributed by atoms with E-state index in [1.807, 2.05) is 18.4 Å². The lowest BCUT2D eigenvalue weighted by Gasteiger charge is -2.13. The molecule has 0 fully saturated rings. The summed E-state index contributed by atoms with van der Waals surface area (Å²) in [6.45, 7) is 2.14. The van der Waals surface area contributed by atoms with Crippen LogP contribution in [-0.4, -0.2) is 15.8 Å². The van der Waals surface area contributed by atoms with Crippen LogP contribution in [0.1, 0.15) is 35.8 Å². The van der Waals surface area contributed by atoms with Gasteiger partial charge in [-0.3, -0.25) is 9.36 Å². The maximum Gasteiger partial charge on any atom is 0.267 e. The standard InChI is InChI=1S/C19H20N2OS2/c1-3-12-8-10-13(11-9-12)21-18(22)16-14-6-4-5-7-15(14)24-17(16)20-19(21)23-2/h8-11H,3-7H2,1-2H3. The van der Waals surface area contributed by atoms with Crippen LogP contribution in [0.5, 0.6) is 0 Å². The van der Waals surface area contributed by atoms with E-state index in [1.165, 1.54) is 40.6 Å². The van der Waals surface area contributed by atoms with Crippen LogP contribution in [0.3, 0.4) is 0 Å². The maximum atomic E-state index is 13.3. The van der Waals surface area contributed by atoms with Gasteiger partial charge < -0.3 is 0 Å². The number of nitrogens with zero attached hydrogens (tertiary/aromatic N) is 2. The Kier molecular flexibility index (Phi) is 4.22. The van der Waals surface area contributed by atoms with E-state index in [0.717, 1.165) is 40.3 Å². The van der Waals surface area contributed by atoms with Crippen molar-refractivity contribution in [1.29, 1.82) is 0 Å². The second-order valence-corrected chi connectivity index (χ2v) is 8.01. The molecule has 0 saturated heterocycles. The zero-order chi connectivity index (χ0) is 16.7. The molecule has 2 heterocycles. The lowest BCUT2D eigenvalue weighted by Crippen LogP contribution is -2.22. The van der Waals surface area contributed by atoms with E-state index in [-0.39, 0.29) is 5.56 Å². The van der Waals surface area contributed by atoms with Crippen molar-refractivity contribution in [2.24, 2.45) is 0 Å². The number of benzene rings is 1. The van der Waals surface area contributed by atoms with Gasteiger partial charge in [0.25, 0.3) is 5.56 Å². The predicted molar refractivity (Wildman–Crippen MR) is 103 cm³/mol. The molecule has 0 radical (unpaired) electrons. The SMILES string of the molecule is CCc1ccc(-n2c(SC)nc3sc4c(c3c2=O)CCCC4)cc1. The quantitative estimate of drug-likeness (QED) is 0.508. The average molecular weight is 357 g/mol. The molecular weight excluding hydrogens is 336 g/mol. The van der Waals surface area contributed by atoms with E-state index < -0.39 is 0 Å². The van der Waals surface area contributed by atoms with Crippen LogP contribution >= 0.6 is 23.1 Å². The van der Waals surface area contributed by atoms with Crippen LogP contribution in [0.25, 0.3) is 15.9 Å². The van der Waals surface area contributed by atoms with Crippen molar-refractivity contribution in [3.63, 3.8) is 0 Å². The number of hydrogen-bond acceptors (Lipinski definition) is 4. The van der Waals surface area contributed by atoms with E-state index in [9.17, 15) is 4.79 Å². The topological polar surface area (TPSA) is 34.9 Å². The fourth-order valence-electron chi connectivity index (χ4n) is 3.43. The highest BCUT2D eigenvalue weighted by Gasteiger charge is 2.22. The van der Waals surface area contributed by atoms with Crippen LogP contribution in [0, 0.1) is 0 Å². The van der Waals surface area contributed by atoms with Gasteiger partial charge in [-0.15, -0.1) is 11.3 Å². The first-order valence-corrected chi connectivity index (χ1v) is 10.5. The van der Waals surface area contributed by atoms with Crippen molar-refractivity contribution in [3.05, 3.63) is 50.6 Å². The number of fused-ring (bicyclic) bond motifs is 3. The summed E-state index contributed by atoms with van der Waals surface area (Å²) in [6.07, 6.45) is 7.49. The fraction of sp³-hybridized carbons (Fsp3) is 0.368. The second kappa shape index (κ2) is 6.37. The number of hydrogen-bond donors (Lipinski definition) is 0. The summed E-state index contributed by atoms with van der Waals surface area (Å²) >= 11 is 3.25. The van der Waals surface area contributed by atoms with Crippen molar-refractivity contribution in [2.45, 2.75) is 44.2 Å². The molecule has 4 rings (SSSR count). The molecule has 0 saturated carbocycles. The molecule has 0 atom stereocenters. The van der Waals surface area contributed by atoms with Crippen molar-refractivity contribution < 1.29 is 0 Å². The number of aromatic nitrogens is 2. The number of aryl methyl sites for hydroxylation is 3. The Morgan fingerprint density at radius 3 is 2.67 bits per heavy atom. The third kappa shape index (κ3) is 2.50. The minimum Gasteiger partial charge on any atom is -0.268 e. The van der Waals surface area contributed by atoms with Crippen LogP contribution in [0.2, 0.25) is 0 Å². The summed E-state index contributed by atoms with van der Waals surface area (Å²) in [5.41, 5.74) is 3.53. The molecule has 1 aliphatic carbocycles. The lowest BCUT2D eigenvalue weighted by molar-refractivity contribution is 0.699. The molecule has 1 aromatic carbocycles. The molecule has 0 N–H and O–H groups in total. The Morgan fingerprint density at radius 2 is 1.96 bits per heavy atom. The lowest BCUT2D eigenvalue weighted by atomic mass is 9.97. The zero-order valence-electron chi connectivity index (χ0n) is 14.0. The van der Waals surface area contributed by atoms with E-state index in [4.69, 9.17) is 4.98 Å². The van der Waals surface area contributed by atoms with Gasteiger partial charge in [0.05, 0.1) is 11.1 Å². The first-order valence-electron chi connectivity index (χ1n) is 8.43. The molecular formula is C19H20N2OS2. The second-order valence-electron chi connectivity index (χ2n) is 6.15. The largest absolute Gasteiger partial charge is 0.268 e. The Labute approximate surface area is 149 Å². The van der Waals surface area contributed by atoms with Gasteiger partial charge in [-0.2, -0.15) is 0 Å². The monoisotopic (exact) mass is 356 g/mol. The van der Waals surface area contributed by atoms with Gasteiger partial charge in [0, 0.05) is 4.88 Å². The average Bonchev–Trinajstić information content (AvgIpc) is 3.00. The Morgan fingerprint density at radius 1 is 1.21 bits per heavy atom. The van der Waals surface area contributed by atoms with E-state index in [2.05, 4.69) is 19.1 Å². The van der Waals surface area contributed by atoms with Crippen LogP contribution in [0.4, 0.5) is 0 Å². The first kappa shape index (κ1) is 15.9. The van der Waals surface area contributed by atoms with Crippen molar-refractivity contribution in [3.8, 4) is 5.69 Å². The zero-order valence-corrected chi connectivity index (χ0v) is 15.6.